The zero-order valence-corrected chi connectivity index (χ0v) is 20.1. The minimum Gasteiger partial charge on any atom is -0.508 e. The molecule has 0 saturated carbocycles. The van der Waals surface area contributed by atoms with Crippen molar-refractivity contribution in [2.45, 2.75) is 18.8 Å². The summed E-state index contributed by atoms with van der Waals surface area (Å²) in [6.45, 7) is 0. The summed E-state index contributed by atoms with van der Waals surface area (Å²) in [4.78, 5) is 65.0. The van der Waals surface area contributed by atoms with Crippen LogP contribution in [0.3, 0.4) is 0 Å². The standard InChI is InChI=1S/C24H17BrClNO7/c1-34-24(33)27-22(31)11-4-3-10-12(19(11)23(27)32)7-14-20(17(29)8-15(25)21(14)30)18(10)13-6-9(26)2-5-16(13)28/h2-3,5-6,8,11-12,18-19,28H,4,7H2,1H3/t11-,12+,18+,19-/m0/s1. The minimum atomic E-state index is -1.06. The van der Waals surface area contributed by atoms with Crippen LogP contribution < -0.4 is 0 Å². The first kappa shape index (κ1) is 22.7. The zero-order valence-electron chi connectivity index (χ0n) is 17.7. The van der Waals surface area contributed by atoms with Gasteiger partial charge in [-0.2, -0.15) is 4.90 Å². The first-order valence-electron chi connectivity index (χ1n) is 10.5. The van der Waals surface area contributed by atoms with Crippen LogP contribution in [0.4, 0.5) is 4.79 Å². The van der Waals surface area contributed by atoms with Gasteiger partial charge in [-0.3, -0.25) is 19.2 Å². The highest BCUT2D eigenvalue weighted by atomic mass is 79.9. The second kappa shape index (κ2) is 8.02. The van der Waals surface area contributed by atoms with Crippen molar-refractivity contribution >= 4 is 57.0 Å². The number of Topliss-reactive ketones (excluding diaryl/α,β-unsaturated/α-hetero) is 1. The number of phenols is 1. The Kier molecular flexibility index (Phi) is 5.37. The molecule has 1 N–H and O–H groups in total. The number of allylic oxidation sites excluding steroid dienone is 6. The molecule has 8 nitrogen and oxygen atoms in total. The number of nitrogens with zero attached hydrogens (tertiary/aromatic N) is 1. The van der Waals surface area contributed by atoms with Gasteiger partial charge in [-0.15, -0.1) is 0 Å². The van der Waals surface area contributed by atoms with Crippen molar-refractivity contribution in [1.29, 1.82) is 0 Å². The number of halogens is 2. The number of fused-ring (bicyclic) bond motifs is 3. The van der Waals surface area contributed by atoms with E-state index in [0.29, 0.717) is 21.1 Å². The van der Waals surface area contributed by atoms with E-state index in [-0.39, 0.29) is 34.2 Å². The van der Waals surface area contributed by atoms with Gasteiger partial charge in [0.2, 0.25) is 11.8 Å². The highest BCUT2D eigenvalue weighted by molar-refractivity contribution is 9.12. The molecule has 10 heteroatoms. The Balaban J connectivity index is 1.70. The fourth-order valence-electron chi connectivity index (χ4n) is 5.59. The maximum absolute atomic E-state index is 13.3. The smallest absolute Gasteiger partial charge is 0.423 e. The lowest BCUT2D eigenvalue weighted by Gasteiger charge is -2.42. The van der Waals surface area contributed by atoms with Crippen LogP contribution in [-0.4, -0.2) is 46.6 Å². The van der Waals surface area contributed by atoms with Gasteiger partial charge in [-0.25, -0.2) is 4.79 Å². The zero-order chi connectivity index (χ0) is 24.5. The Labute approximate surface area is 207 Å². The quantitative estimate of drug-likeness (QED) is 0.325. The van der Waals surface area contributed by atoms with Crippen LogP contribution in [0.15, 0.2) is 51.6 Å². The van der Waals surface area contributed by atoms with E-state index in [4.69, 9.17) is 11.6 Å². The van der Waals surface area contributed by atoms with Crippen LogP contribution in [-0.2, 0) is 23.9 Å². The van der Waals surface area contributed by atoms with E-state index in [9.17, 15) is 29.1 Å². The van der Waals surface area contributed by atoms with E-state index in [1.54, 1.807) is 6.08 Å². The third-order valence-electron chi connectivity index (χ3n) is 6.99. The lowest BCUT2D eigenvalue weighted by molar-refractivity contribution is -0.137. The first-order chi connectivity index (χ1) is 16.1. The largest absolute Gasteiger partial charge is 0.508 e. The predicted octanol–water partition coefficient (Wildman–Crippen LogP) is 3.57. The molecule has 1 aliphatic heterocycles. The Morgan fingerprint density at radius 1 is 1.18 bits per heavy atom. The van der Waals surface area contributed by atoms with Crippen molar-refractivity contribution < 1.29 is 33.8 Å². The SMILES string of the molecule is COC(=O)N1C(=O)[C@H]2[C@H](CC=C3[C@H](c4cc(Cl)ccc4O)C4=C(C[C@H]32)C(=O)C(Br)=CC4=O)C1=O. The number of ketones is 2. The first-order valence-corrected chi connectivity index (χ1v) is 11.7. The summed E-state index contributed by atoms with van der Waals surface area (Å²) in [6, 6.07) is 4.42. The van der Waals surface area contributed by atoms with E-state index in [0.717, 1.165) is 7.11 Å². The van der Waals surface area contributed by atoms with Gasteiger partial charge in [0, 0.05) is 33.7 Å². The van der Waals surface area contributed by atoms with Crippen LogP contribution in [0.1, 0.15) is 24.3 Å². The number of hydrogen-bond acceptors (Lipinski definition) is 7. The maximum atomic E-state index is 13.3. The van der Waals surface area contributed by atoms with Gasteiger partial charge < -0.3 is 9.84 Å². The molecule has 0 unspecified atom stereocenters. The molecule has 4 aliphatic rings. The number of hydrogen-bond donors (Lipinski definition) is 1. The summed E-state index contributed by atoms with van der Waals surface area (Å²) >= 11 is 9.34. The van der Waals surface area contributed by atoms with E-state index in [1.165, 1.54) is 24.3 Å². The summed E-state index contributed by atoms with van der Waals surface area (Å²) in [6.07, 6.45) is 2.13. The number of rotatable bonds is 1. The van der Waals surface area contributed by atoms with E-state index in [2.05, 4.69) is 20.7 Å². The number of imide groups is 3. The summed E-state index contributed by atoms with van der Waals surface area (Å²) in [7, 11) is 1.08. The van der Waals surface area contributed by atoms with Crippen molar-refractivity contribution in [2.24, 2.45) is 17.8 Å². The number of amides is 3. The highest BCUT2D eigenvalue weighted by Crippen LogP contribution is 2.56. The van der Waals surface area contributed by atoms with Crippen molar-refractivity contribution in [2.75, 3.05) is 7.11 Å². The van der Waals surface area contributed by atoms with Crippen LogP contribution in [0.5, 0.6) is 5.75 Å². The van der Waals surface area contributed by atoms with Gasteiger partial charge in [-0.1, -0.05) is 23.3 Å². The lowest BCUT2D eigenvalue weighted by Crippen LogP contribution is -2.40. The second-order valence-electron chi connectivity index (χ2n) is 8.58. The van der Waals surface area contributed by atoms with Gasteiger partial charge in [0.15, 0.2) is 11.6 Å². The molecule has 3 aliphatic carbocycles. The Morgan fingerprint density at radius 2 is 1.91 bits per heavy atom. The molecule has 5 rings (SSSR count). The molecule has 1 heterocycles. The molecule has 1 aromatic rings. The number of carbonyl (C=O) groups excluding carboxylic acids is 5. The van der Waals surface area contributed by atoms with Crippen molar-refractivity contribution in [1.82, 2.24) is 4.90 Å². The molecule has 0 aromatic heterocycles. The molecule has 1 aromatic carbocycles. The summed E-state index contributed by atoms with van der Waals surface area (Å²) in [5.41, 5.74) is 1.39. The van der Waals surface area contributed by atoms with E-state index in [1.807, 2.05) is 0 Å². The average Bonchev–Trinajstić information content (AvgIpc) is 3.07. The Bertz CT molecular complexity index is 1310. The van der Waals surface area contributed by atoms with Crippen molar-refractivity contribution in [3.63, 3.8) is 0 Å². The summed E-state index contributed by atoms with van der Waals surface area (Å²) < 4.78 is 4.72. The molecule has 1 fully saturated rings. The monoisotopic (exact) mass is 545 g/mol. The molecular weight excluding hydrogens is 530 g/mol. The predicted molar refractivity (Wildman–Crippen MR) is 122 cm³/mol. The molecule has 0 radical (unpaired) electrons. The number of aromatic hydroxyl groups is 1. The fraction of sp³-hybridized carbons (Fsp3) is 0.292. The highest BCUT2D eigenvalue weighted by Gasteiger charge is 2.58. The normalized spacial score (nSPS) is 28.3. The molecule has 0 bridgehead atoms. The Hall–Kier alpha value is -3.04. The van der Waals surface area contributed by atoms with E-state index >= 15 is 0 Å². The molecule has 4 atom stereocenters. The molecule has 174 valence electrons. The summed E-state index contributed by atoms with van der Waals surface area (Å²) in [5, 5.41) is 11.0. The molecule has 3 amide bonds. The van der Waals surface area contributed by atoms with Gasteiger partial charge in [0.05, 0.1) is 23.4 Å². The van der Waals surface area contributed by atoms with Crippen LogP contribution in [0, 0.1) is 17.8 Å². The van der Waals surface area contributed by atoms with Gasteiger partial charge in [-0.05, 0) is 52.9 Å². The van der Waals surface area contributed by atoms with Crippen molar-refractivity contribution in [3.8, 4) is 5.75 Å². The van der Waals surface area contributed by atoms with Crippen LogP contribution >= 0.6 is 27.5 Å². The van der Waals surface area contributed by atoms with Gasteiger partial charge in [0.25, 0.3) is 0 Å². The molecule has 0 spiro atoms. The number of likely N-dealkylation sites (tertiary alicyclic amines) is 1. The molecule has 34 heavy (non-hydrogen) atoms. The summed E-state index contributed by atoms with van der Waals surface area (Å²) in [5.74, 6) is -5.42. The number of methoxy groups -OCH3 is 1. The maximum Gasteiger partial charge on any atom is 0.423 e. The Morgan fingerprint density at radius 3 is 2.62 bits per heavy atom. The number of phenolic OH excluding ortho intramolecular Hbond substituents is 1. The number of ether oxygens (including phenoxy) is 1. The van der Waals surface area contributed by atoms with Gasteiger partial charge >= 0.3 is 6.09 Å². The third-order valence-corrected chi connectivity index (χ3v) is 7.81. The van der Waals surface area contributed by atoms with Gasteiger partial charge in [0.1, 0.15) is 5.75 Å². The topological polar surface area (TPSA) is 118 Å². The second-order valence-corrected chi connectivity index (χ2v) is 9.87. The van der Waals surface area contributed by atoms with Crippen molar-refractivity contribution in [3.05, 3.63) is 62.1 Å². The molecular formula is C24H17BrClNO7. The van der Waals surface area contributed by atoms with Crippen LogP contribution in [0.2, 0.25) is 5.02 Å². The number of carbonyl (C=O) groups is 5. The number of benzene rings is 1. The third kappa shape index (κ3) is 3.14. The van der Waals surface area contributed by atoms with Crippen LogP contribution in [0.25, 0.3) is 0 Å². The minimum absolute atomic E-state index is 0.0434. The average molecular weight is 547 g/mol. The molecule has 1 saturated heterocycles. The fourth-order valence-corrected chi connectivity index (χ4v) is 6.22. The lowest BCUT2D eigenvalue weighted by atomic mass is 9.59. The van der Waals surface area contributed by atoms with E-state index < -0.39 is 53.1 Å².